The van der Waals surface area contributed by atoms with Crippen molar-refractivity contribution in [3.8, 4) is 0 Å². The lowest BCUT2D eigenvalue weighted by atomic mass is 9.88. The number of amides is 1. The van der Waals surface area contributed by atoms with Crippen molar-refractivity contribution in [3.05, 3.63) is 24.2 Å². The summed E-state index contributed by atoms with van der Waals surface area (Å²) in [7, 11) is -3.63. The average Bonchev–Trinajstić information content (AvgIpc) is 3.14. The Labute approximate surface area is 162 Å². The molecule has 1 unspecified atom stereocenters. The van der Waals surface area contributed by atoms with Gasteiger partial charge in [0.2, 0.25) is 15.9 Å². The molecule has 1 aromatic rings. The minimum atomic E-state index is -3.63. The van der Waals surface area contributed by atoms with Gasteiger partial charge in [-0.1, -0.05) is 20.8 Å². The van der Waals surface area contributed by atoms with Crippen LogP contribution >= 0.6 is 0 Å². The summed E-state index contributed by atoms with van der Waals surface area (Å²) in [5.41, 5.74) is 0. The number of furan rings is 1. The van der Waals surface area contributed by atoms with Crippen molar-refractivity contribution in [2.75, 3.05) is 25.4 Å². The zero-order valence-electron chi connectivity index (χ0n) is 16.6. The van der Waals surface area contributed by atoms with Gasteiger partial charge in [-0.15, -0.1) is 0 Å². The highest BCUT2D eigenvalue weighted by Crippen LogP contribution is 2.24. The van der Waals surface area contributed by atoms with E-state index in [1.807, 2.05) is 26.0 Å². The van der Waals surface area contributed by atoms with Gasteiger partial charge < -0.3 is 9.73 Å². The van der Waals surface area contributed by atoms with Crippen molar-refractivity contribution in [3.63, 3.8) is 0 Å². The van der Waals surface area contributed by atoms with Gasteiger partial charge in [0.25, 0.3) is 0 Å². The number of nitrogens with one attached hydrogen (secondary N) is 2. The van der Waals surface area contributed by atoms with Crippen LogP contribution in [0.1, 0.15) is 58.3 Å². The average molecular weight is 400 g/mol. The molecule has 8 heteroatoms. The summed E-state index contributed by atoms with van der Waals surface area (Å²) in [6.45, 7) is 8.19. The lowest BCUT2D eigenvalue weighted by Gasteiger charge is -2.28. The molecular weight excluding hydrogens is 366 g/mol. The van der Waals surface area contributed by atoms with E-state index in [9.17, 15) is 13.2 Å². The molecule has 1 heterocycles. The Kier molecular flexibility index (Phi) is 8.31. The maximum atomic E-state index is 12.3. The number of carbonyl (C=O) groups is 1. The predicted molar refractivity (Wildman–Crippen MR) is 106 cm³/mol. The van der Waals surface area contributed by atoms with E-state index in [0.29, 0.717) is 12.5 Å². The largest absolute Gasteiger partial charge is 0.468 e. The third-order valence-electron chi connectivity index (χ3n) is 5.30. The van der Waals surface area contributed by atoms with Crippen LogP contribution in [0.4, 0.5) is 0 Å². The van der Waals surface area contributed by atoms with Gasteiger partial charge in [0.1, 0.15) is 11.5 Å². The van der Waals surface area contributed by atoms with Crippen LogP contribution in [0.25, 0.3) is 0 Å². The lowest BCUT2D eigenvalue weighted by molar-refractivity contribution is -0.118. The molecule has 0 bridgehead atoms. The molecule has 0 radical (unpaired) electrons. The van der Waals surface area contributed by atoms with Crippen molar-refractivity contribution in [2.45, 2.75) is 58.5 Å². The second-order valence-electron chi connectivity index (χ2n) is 7.39. The quantitative estimate of drug-likeness (QED) is 0.630. The Bertz CT molecular complexity index is 663. The highest BCUT2D eigenvalue weighted by atomic mass is 32.2. The molecule has 0 aliphatic heterocycles. The topological polar surface area (TPSA) is 91.7 Å². The molecule has 1 amide bonds. The molecule has 1 aliphatic rings. The van der Waals surface area contributed by atoms with Gasteiger partial charge in [0.05, 0.1) is 12.3 Å². The minimum absolute atomic E-state index is 0.0504. The minimum Gasteiger partial charge on any atom is -0.468 e. The Balaban J connectivity index is 1.87. The molecule has 0 saturated heterocycles. The van der Waals surface area contributed by atoms with E-state index in [0.717, 1.165) is 44.5 Å². The molecule has 154 valence electrons. The number of carbonyl (C=O) groups excluding carboxylic acids is 1. The lowest BCUT2D eigenvalue weighted by Crippen LogP contribution is -2.44. The van der Waals surface area contributed by atoms with E-state index in [1.165, 1.54) is 0 Å². The number of sulfonamides is 1. The highest BCUT2D eigenvalue weighted by Gasteiger charge is 2.26. The fourth-order valence-electron chi connectivity index (χ4n) is 3.66. The zero-order chi connectivity index (χ0) is 19.9. The summed E-state index contributed by atoms with van der Waals surface area (Å²) >= 11 is 0. The highest BCUT2D eigenvalue weighted by molar-refractivity contribution is 7.90. The Morgan fingerprint density at radius 1 is 1.26 bits per heavy atom. The van der Waals surface area contributed by atoms with Crippen molar-refractivity contribution >= 4 is 15.9 Å². The molecule has 1 atom stereocenters. The van der Waals surface area contributed by atoms with Crippen LogP contribution in [-0.2, 0) is 14.8 Å². The van der Waals surface area contributed by atoms with Crippen LogP contribution in [0, 0.1) is 5.92 Å². The summed E-state index contributed by atoms with van der Waals surface area (Å²) in [6.07, 6.45) is 5.32. The molecule has 1 aromatic heterocycles. The first-order chi connectivity index (χ1) is 12.8. The molecular formula is C19H33N3O4S. The monoisotopic (exact) mass is 399 g/mol. The summed E-state index contributed by atoms with van der Waals surface area (Å²) in [6, 6.07) is 3.52. The van der Waals surface area contributed by atoms with Crippen LogP contribution in [0.2, 0.25) is 0 Å². The zero-order valence-corrected chi connectivity index (χ0v) is 17.4. The first-order valence-electron chi connectivity index (χ1n) is 9.88. The fraction of sp³-hybridized carbons (Fsp3) is 0.737. The standard InChI is InChI=1S/C19H33N3O4S/c1-4-22(5-2)17(18-7-6-12-26-18)13-20-19(23)14-27(24,25)21-16-10-8-15(3)9-11-16/h6-7,12,15-17,21H,4-5,8-11,13-14H2,1-3H3,(H,20,23). The molecule has 0 aromatic carbocycles. The van der Waals surface area contributed by atoms with Gasteiger partial charge in [-0.2, -0.15) is 0 Å². The molecule has 0 spiro atoms. The molecule has 7 nitrogen and oxygen atoms in total. The van der Waals surface area contributed by atoms with Crippen LogP contribution in [0.3, 0.4) is 0 Å². The molecule has 1 fully saturated rings. The van der Waals surface area contributed by atoms with Crippen LogP contribution < -0.4 is 10.0 Å². The van der Waals surface area contributed by atoms with Crippen molar-refractivity contribution < 1.29 is 17.6 Å². The van der Waals surface area contributed by atoms with Gasteiger partial charge >= 0.3 is 0 Å². The van der Waals surface area contributed by atoms with E-state index in [1.54, 1.807) is 6.26 Å². The predicted octanol–water partition coefficient (Wildman–Crippen LogP) is 2.28. The number of hydrogen-bond donors (Lipinski definition) is 2. The third-order valence-corrected chi connectivity index (χ3v) is 6.64. The second kappa shape index (κ2) is 10.2. The summed E-state index contributed by atoms with van der Waals surface area (Å²) in [5, 5.41) is 2.76. The number of nitrogens with zero attached hydrogens (tertiary/aromatic N) is 1. The first kappa shape index (κ1) is 21.9. The van der Waals surface area contributed by atoms with E-state index in [4.69, 9.17) is 4.42 Å². The van der Waals surface area contributed by atoms with E-state index < -0.39 is 21.7 Å². The second-order valence-corrected chi connectivity index (χ2v) is 9.14. The smallest absolute Gasteiger partial charge is 0.236 e. The van der Waals surface area contributed by atoms with E-state index in [2.05, 4.69) is 21.9 Å². The van der Waals surface area contributed by atoms with Gasteiger partial charge in [-0.05, 0) is 56.8 Å². The van der Waals surface area contributed by atoms with Crippen LogP contribution in [0.5, 0.6) is 0 Å². The number of likely N-dealkylation sites (N-methyl/N-ethyl adjacent to an activating group) is 1. The van der Waals surface area contributed by atoms with Gasteiger partial charge in [-0.25, -0.2) is 13.1 Å². The maximum absolute atomic E-state index is 12.3. The maximum Gasteiger partial charge on any atom is 0.236 e. The van der Waals surface area contributed by atoms with Crippen molar-refractivity contribution in [1.29, 1.82) is 0 Å². The molecule has 2 rings (SSSR count). The Morgan fingerprint density at radius 3 is 2.48 bits per heavy atom. The third kappa shape index (κ3) is 6.93. The molecule has 2 N–H and O–H groups in total. The van der Waals surface area contributed by atoms with Gasteiger partial charge in [0.15, 0.2) is 0 Å². The molecule has 1 saturated carbocycles. The Morgan fingerprint density at radius 2 is 1.93 bits per heavy atom. The van der Waals surface area contributed by atoms with Gasteiger partial charge in [-0.3, -0.25) is 9.69 Å². The van der Waals surface area contributed by atoms with Crippen molar-refractivity contribution in [1.82, 2.24) is 14.9 Å². The summed E-state index contributed by atoms with van der Waals surface area (Å²) in [5.74, 6) is 0.377. The van der Waals surface area contributed by atoms with E-state index >= 15 is 0 Å². The number of hydrogen-bond acceptors (Lipinski definition) is 5. The normalized spacial score (nSPS) is 21.9. The van der Waals surface area contributed by atoms with E-state index in [-0.39, 0.29) is 12.1 Å². The van der Waals surface area contributed by atoms with Crippen LogP contribution in [-0.4, -0.2) is 50.7 Å². The summed E-state index contributed by atoms with van der Waals surface area (Å²) in [4.78, 5) is 14.4. The summed E-state index contributed by atoms with van der Waals surface area (Å²) < 4.78 is 32.8. The Hall–Kier alpha value is -1.38. The molecule has 27 heavy (non-hydrogen) atoms. The number of rotatable bonds is 10. The fourth-order valence-corrected chi connectivity index (χ4v) is 4.94. The molecule has 1 aliphatic carbocycles. The van der Waals surface area contributed by atoms with Crippen molar-refractivity contribution in [2.24, 2.45) is 5.92 Å². The first-order valence-corrected chi connectivity index (χ1v) is 11.5. The SMILES string of the molecule is CCN(CC)C(CNC(=O)CS(=O)(=O)NC1CCC(C)CC1)c1ccco1. The van der Waals surface area contributed by atoms with Gasteiger partial charge in [0, 0.05) is 12.6 Å². The van der Waals surface area contributed by atoms with Crippen LogP contribution in [0.15, 0.2) is 22.8 Å².